The summed E-state index contributed by atoms with van der Waals surface area (Å²) in [6, 6.07) is 12.6. The third-order valence-electron chi connectivity index (χ3n) is 4.13. The number of carbonyl (C=O) groups is 1. The molecule has 0 atom stereocenters. The molecule has 30 heavy (non-hydrogen) atoms. The van der Waals surface area contributed by atoms with E-state index in [4.69, 9.17) is 4.52 Å². The number of halogens is 3. The van der Waals surface area contributed by atoms with Gasteiger partial charge in [-0.1, -0.05) is 29.4 Å². The molecule has 3 aromatic heterocycles. The molecule has 1 amide bonds. The van der Waals surface area contributed by atoms with Crippen LogP contribution in [0.3, 0.4) is 0 Å². The van der Waals surface area contributed by atoms with E-state index in [-0.39, 0.29) is 12.0 Å². The normalized spacial score (nSPS) is 11.4. The molecule has 0 saturated carbocycles. The molecule has 6 nitrogen and oxygen atoms in total. The van der Waals surface area contributed by atoms with E-state index < -0.39 is 17.8 Å². The van der Waals surface area contributed by atoms with Crippen molar-refractivity contribution in [3.05, 3.63) is 82.8 Å². The van der Waals surface area contributed by atoms with Crippen molar-refractivity contribution in [1.29, 1.82) is 0 Å². The maximum absolute atomic E-state index is 12.6. The van der Waals surface area contributed by atoms with Gasteiger partial charge in [-0.3, -0.25) is 9.78 Å². The molecule has 1 N–H and O–H groups in total. The first-order valence-corrected chi connectivity index (χ1v) is 9.57. The van der Waals surface area contributed by atoms with Gasteiger partial charge in [0.15, 0.2) is 0 Å². The number of anilines is 1. The molecule has 10 heteroatoms. The standard InChI is InChI=1S/C20H13F3N4O2S/c21-20(22,23)16-8-7-13(11-24-16)19(28)25-14-5-2-1-4-12(14)10-17-26-18(27-29-17)15-6-3-9-30-15/h1-9,11H,10H2,(H,25,28). The second kappa shape index (κ2) is 8.07. The lowest BCUT2D eigenvalue weighted by atomic mass is 10.1. The van der Waals surface area contributed by atoms with E-state index in [1.807, 2.05) is 17.5 Å². The van der Waals surface area contributed by atoms with Gasteiger partial charge in [0.25, 0.3) is 5.91 Å². The van der Waals surface area contributed by atoms with E-state index in [0.29, 0.717) is 23.0 Å². The van der Waals surface area contributed by atoms with Crippen LogP contribution < -0.4 is 5.32 Å². The van der Waals surface area contributed by atoms with Gasteiger partial charge in [0, 0.05) is 11.9 Å². The van der Waals surface area contributed by atoms with Gasteiger partial charge >= 0.3 is 6.18 Å². The highest BCUT2D eigenvalue weighted by atomic mass is 32.1. The van der Waals surface area contributed by atoms with Crippen LogP contribution in [0.5, 0.6) is 0 Å². The summed E-state index contributed by atoms with van der Waals surface area (Å²) in [5.41, 5.74) is 0.151. The number of carbonyl (C=O) groups excluding carboxylic acids is 1. The Morgan fingerprint density at radius 3 is 2.63 bits per heavy atom. The van der Waals surface area contributed by atoms with E-state index in [9.17, 15) is 18.0 Å². The molecule has 0 aliphatic carbocycles. The van der Waals surface area contributed by atoms with Crippen LogP contribution in [-0.2, 0) is 12.6 Å². The van der Waals surface area contributed by atoms with E-state index in [0.717, 1.165) is 23.2 Å². The lowest BCUT2D eigenvalue weighted by Crippen LogP contribution is -2.15. The largest absolute Gasteiger partial charge is 0.433 e. The number of pyridine rings is 1. The number of alkyl halides is 3. The van der Waals surface area contributed by atoms with Gasteiger partial charge in [0.2, 0.25) is 11.7 Å². The summed E-state index contributed by atoms with van der Waals surface area (Å²) in [5.74, 6) is 0.280. The fourth-order valence-corrected chi connectivity index (χ4v) is 3.33. The number of rotatable bonds is 5. The smallest absolute Gasteiger partial charge is 0.339 e. The summed E-state index contributed by atoms with van der Waals surface area (Å²) in [7, 11) is 0. The highest BCUT2D eigenvalue weighted by Gasteiger charge is 2.32. The van der Waals surface area contributed by atoms with Gasteiger partial charge < -0.3 is 9.84 Å². The molecule has 3 heterocycles. The number of thiophene rings is 1. The second-order valence-electron chi connectivity index (χ2n) is 6.21. The van der Waals surface area contributed by atoms with Gasteiger partial charge in [-0.2, -0.15) is 18.2 Å². The molecule has 0 saturated heterocycles. The fourth-order valence-electron chi connectivity index (χ4n) is 2.68. The Labute approximate surface area is 172 Å². The van der Waals surface area contributed by atoms with Crippen molar-refractivity contribution >= 4 is 22.9 Å². The fraction of sp³-hybridized carbons (Fsp3) is 0.100. The quantitative estimate of drug-likeness (QED) is 0.479. The van der Waals surface area contributed by atoms with Crippen molar-refractivity contribution in [3.8, 4) is 10.7 Å². The van der Waals surface area contributed by atoms with Crippen LogP contribution in [-0.4, -0.2) is 21.0 Å². The van der Waals surface area contributed by atoms with Crippen molar-refractivity contribution in [1.82, 2.24) is 15.1 Å². The summed E-state index contributed by atoms with van der Waals surface area (Å²) in [6.45, 7) is 0. The minimum absolute atomic E-state index is 0.00979. The summed E-state index contributed by atoms with van der Waals surface area (Å²) >= 11 is 1.49. The van der Waals surface area contributed by atoms with Gasteiger partial charge in [-0.15, -0.1) is 11.3 Å². The molecule has 4 aromatic rings. The molecule has 0 aliphatic heterocycles. The maximum Gasteiger partial charge on any atom is 0.433 e. The summed E-state index contributed by atoms with van der Waals surface area (Å²) in [6.07, 6.45) is -3.39. The molecular formula is C20H13F3N4O2S. The highest BCUT2D eigenvalue weighted by molar-refractivity contribution is 7.13. The van der Waals surface area contributed by atoms with Crippen molar-refractivity contribution in [2.75, 3.05) is 5.32 Å². The zero-order chi connectivity index (χ0) is 21.1. The zero-order valence-corrected chi connectivity index (χ0v) is 16.0. The number of hydrogen-bond acceptors (Lipinski definition) is 6. The maximum atomic E-state index is 12.6. The van der Waals surface area contributed by atoms with E-state index >= 15 is 0 Å². The molecule has 152 valence electrons. The van der Waals surface area contributed by atoms with Crippen molar-refractivity contribution in [3.63, 3.8) is 0 Å². The van der Waals surface area contributed by atoms with Crippen molar-refractivity contribution < 1.29 is 22.5 Å². The number of hydrogen-bond donors (Lipinski definition) is 1. The predicted octanol–water partition coefficient (Wildman–Crippen LogP) is 5.06. The molecule has 0 bridgehead atoms. The Morgan fingerprint density at radius 1 is 1.10 bits per heavy atom. The number of amides is 1. The van der Waals surface area contributed by atoms with Crippen LogP contribution in [0.15, 0.2) is 64.6 Å². The highest BCUT2D eigenvalue weighted by Crippen LogP contribution is 2.27. The molecule has 4 rings (SSSR count). The summed E-state index contributed by atoms with van der Waals surface area (Å²) < 4.78 is 43.2. The van der Waals surface area contributed by atoms with Gasteiger partial charge in [0.1, 0.15) is 5.69 Å². The number of benzene rings is 1. The number of para-hydroxylation sites is 1. The lowest BCUT2D eigenvalue weighted by Gasteiger charge is -2.10. The molecule has 0 spiro atoms. The monoisotopic (exact) mass is 430 g/mol. The third-order valence-corrected chi connectivity index (χ3v) is 5.00. The Kier molecular flexibility index (Phi) is 5.32. The first-order valence-electron chi connectivity index (χ1n) is 8.69. The molecule has 0 unspecified atom stereocenters. The zero-order valence-electron chi connectivity index (χ0n) is 15.2. The Balaban J connectivity index is 1.50. The van der Waals surface area contributed by atoms with Crippen LogP contribution in [0.2, 0.25) is 0 Å². The minimum Gasteiger partial charge on any atom is -0.339 e. The SMILES string of the molecule is O=C(Nc1ccccc1Cc1nc(-c2cccs2)no1)c1ccc(C(F)(F)F)nc1. The van der Waals surface area contributed by atoms with Crippen LogP contribution in [0, 0.1) is 0 Å². The predicted molar refractivity (Wildman–Crippen MR) is 104 cm³/mol. The van der Waals surface area contributed by atoms with Gasteiger partial charge in [0.05, 0.1) is 16.9 Å². The van der Waals surface area contributed by atoms with Crippen LogP contribution in [0.4, 0.5) is 18.9 Å². The van der Waals surface area contributed by atoms with Crippen molar-refractivity contribution in [2.24, 2.45) is 0 Å². The van der Waals surface area contributed by atoms with Crippen molar-refractivity contribution in [2.45, 2.75) is 12.6 Å². The molecule has 0 fully saturated rings. The summed E-state index contributed by atoms with van der Waals surface area (Å²) in [5, 5.41) is 8.56. The third kappa shape index (κ3) is 4.38. The van der Waals surface area contributed by atoms with Gasteiger partial charge in [-0.05, 0) is 35.2 Å². The lowest BCUT2D eigenvalue weighted by molar-refractivity contribution is -0.141. The van der Waals surface area contributed by atoms with E-state index in [2.05, 4.69) is 20.4 Å². The number of aromatic nitrogens is 3. The number of nitrogens with one attached hydrogen (secondary N) is 1. The Bertz CT molecular complexity index is 1160. The van der Waals surface area contributed by atoms with Crippen LogP contribution in [0.1, 0.15) is 27.5 Å². The second-order valence-corrected chi connectivity index (χ2v) is 7.15. The average Bonchev–Trinajstić information content (AvgIpc) is 3.41. The Hall–Kier alpha value is -3.53. The average molecular weight is 430 g/mol. The molecule has 1 aromatic carbocycles. The van der Waals surface area contributed by atoms with Crippen LogP contribution in [0.25, 0.3) is 10.7 Å². The Morgan fingerprint density at radius 2 is 1.93 bits per heavy atom. The van der Waals surface area contributed by atoms with Crippen LogP contribution >= 0.6 is 11.3 Å². The van der Waals surface area contributed by atoms with Gasteiger partial charge in [-0.25, -0.2) is 0 Å². The molecule has 0 aliphatic rings. The number of nitrogens with zero attached hydrogens (tertiary/aromatic N) is 3. The topological polar surface area (TPSA) is 80.9 Å². The first kappa shape index (κ1) is 19.8. The van der Waals surface area contributed by atoms with E-state index in [1.165, 1.54) is 11.3 Å². The first-order chi connectivity index (χ1) is 14.4. The minimum atomic E-state index is -4.56. The molecular weight excluding hydrogens is 417 g/mol. The van der Waals surface area contributed by atoms with E-state index in [1.54, 1.807) is 24.3 Å². The summed E-state index contributed by atoms with van der Waals surface area (Å²) in [4.78, 5) is 21.0. The molecule has 0 radical (unpaired) electrons.